The molecular weight excluding hydrogens is 827 g/mol. The van der Waals surface area contributed by atoms with Crippen molar-refractivity contribution in [3.05, 3.63) is 24.3 Å². The number of rotatable bonds is 42. The topological polar surface area (TPSA) is 210 Å². The van der Waals surface area contributed by atoms with Crippen LogP contribution in [0.1, 0.15) is 219 Å². The van der Waals surface area contributed by atoms with E-state index in [4.69, 9.17) is 18.5 Å². The summed E-state index contributed by atoms with van der Waals surface area (Å²) in [5.74, 6) is -1.11. The average molecular weight is 919 g/mol. The van der Waals surface area contributed by atoms with Crippen molar-refractivity contribution in [1.29, 1.82) is 0 Å². The van der Waals surface area contributed by atoms with E-state index < -0.39 is 75.7 Å². The molecule has 0 aliphatic heterocycles. The molecule has 0 radical (unpaired) electrons. The van der Waals surface area contributed by atoms with Crippen molar-refractivity contribution in [2.75, 3.05) is 13.2 Å². The molecule has 0 saturated heterocycles. The van der Waals surface area contributed by atoms with E-state index in [0.717, 1.165) is 51.4 Å². The van der Waals surface area contributed by atoms with Gasteiger partial charge in [-0.25, -0.2) is 4.57 Å². The Balaban J connectivity index is 2.41. The number of ether oxygens (including phenoxy) is 2. The summed E-state index contributed by atoms with van der Waals surface area (Å²) in [5, 5.41) is 50.2. The van der Waals surface area contributed by atoms with Crippen molar-refractivity contribution in [2.45, 2.75) is 262 Å². The first-order valence-corrected chi connectivity index (χ1v) is 26.6. The fourth-order valence-electron chi connectivity index (χ4n) is 7.69. The second-order valence-electron chi connectivity index (χ2n) is 17.7. The Morgan fingerprint density at radius 3 is 1.22 bits per heavy atom. The Labute approximate surface area is 381 Å². The number of aliphatic hydroxyl groups is 5. The lowest BCUT2D eigenvalue weighted by Gasteiger charge is -2.41. The van der Waals surface area contributed by atoms with E-state index in [9.17, 15) is 44.6 Å². The molecule has 6 N–H and O–H groups in total. The lowest BCUT2D eigenvalue weighted by Crippen LogP contribution is -2.64. The number of phosphoric ester groups is 1. The smallest absolute Gasteiger partial charge is 0.462 e. The lowest BCUT2D eigenvalue weighted by atomic mass is 9.85. The summed E-state index contributed by atoms with van der Waals surface area (Å²) >= 11 is 0. The largest absolute Gasteiger partial charge is 0.472 e. The van der Waals surface area contributed by atoms with Gasteiger partial charge >= 0.3 is 19.8 Å². The van der Waals surface area contributed by atoms with Crippen LogP contribution in [0.4, 0.5) is 0 Å². The third kappa shape index (κ3) is 31.8. The highest BCUT2D eigenvalue weighted by Gasteiger charge is 2.51. The molecule has 0 aromatic heterocycles. The number of carbonyl (C=O) groups is 2. The van der Waals surface area contributed by atoms with Gasteiger partial charge in [-0.15, -0.1) is 0 Å². The van der Waals surface area contributed by atoms with Gasteiger partial charge in [-0.2, -0.15) is 0 Å². The van der Waals surface area contributed by atoms with Crippen LogP contribution in [0.5, 0.6) is 0 Å². The second-order valence-corrected chi connectivity index (χ2v) is 19.1. The van der Waals surface area contributed by atoms with Gasteiger partial charge in [-0.1, -0.05) is 167 Å². The summed E-state index contributed by atoms with van der Waals surface area (Å²) in [6, 6.07) is 0. The van der Waals surface area contributed by atoms with Crippen molar-refractivity contribution in [3.63, 3.8) is 0 Å². The predicted octanol–water partition coefficient (Wildman–Crippen LogP) is 10.4. The summed E-state index contributed by atoms with van der Waals surface area (Å²) < 4.78 is 33.6. The van der Waals surface area contributed by atoms with E-state index >= 15 is 0 Å². The Kier molecular flexibility index (Phi) is 37.2. The molecule has 0 heterocycles. The number of carbonyl (C=O) groups excluding carboxylic acids is 2. The quantitative estimate of drug-likeness (QED) is 0.0146. The molecule has 0 aromatic carbocycles. The van der Waals surface area contributed by atoms with Gasteiger partial charge in [0, 0.05) is 12.8 Å². The van der Waals surface area contributed by atoms with Crippen LogP contribution in [-0.2, 0) is 32.7 Å². The minimum Gasteiger partial charge on any atom is -0.462 e. The number of hydrogen-bond donors (Lipinski definition) is 6. The van der Waals surface area contributed by atoms with Gasteiger partial charge in [0.1, 0.15) is 43.2 Å². The molecule has 6 unspecified atom stereocenters. The minimum absolute atomic E-state index is 0.0783. The van der Waals surface area contributed by atoms with Crippen LogP contribution >= 0.6 is 7.82 Å². The van der Waals surface area contributed by atoms with Crippen molar-refractivity contribution >= 4 is 19.8 Å². The van der Waals surface area contributed by atoms with Crippen LogP contribution in [0.2, 0.25) is 0 Å². The molecule has 14 heteroatoms. The molecular formula is C49H91O13P. The highest BCUT2D eigenvalue weighted by atomic mass is 31.2. The van der Waals surface area contributed by atoms with Crippen LogP contribution in [0.25, 0.3) is 0 Å². The molecule has 1 aliphatic rings. The number of esters is 2. The second kappa shape index (κ2) is 39.5. The van der Waals surface area contributed by atoms with Crippen molar-refractivity contribution in [3.8, 4) is 0 Å². The Bertz CT molecular complexity index is 1200. The Morgan fingerprint density at radius 1 is 0.476 bits per heavy atom. The zero-order valence-corrected chi connectivity index (χ0v) is 40.3. The van der Waals surface area contributed by atoms with Crippen molar-refractivity contribution in [2.24, 2.45) is 0 Å². The van der Waals surface area contributed by atoms with Crippen molar-refractivity contribution < 1.29 is 63.1 Å². The van der Waals surface area contributed by atoms with Gasteiger partial charge < -0.3 is 39.9 Å². The number of aliphatic hydroxyl groups excluding tert-OH is 5. The third-order valence-corrected chi connectivity index (χ3v) is 12.8. The molecule has 1 fully saturated rings. The van der Waals surface area contributed by atoms with E-state index in [1.165, 1.54) is 128 Å². The van der Waals surface area contributed by atoms with Gasteiger partial charge in [0.25, 0.3) is 0 Å². The fraction of sp³-hybridized carbons (Fsp3) is 0.878. The SMILES string of the molecule is CCCCCCCC/C=C/CCCCCCCCCCCC(=O)OC[C@@H](COP(=O)(O)OC1C(O)C(O)C(O)[C@H](O)C1O)OC(=O)CCCCC/C=C/CCCCCCCCCC. The Morgan fingerprint density at radius 2 is 0.810 bits per heavy atom. The number of phosphoric acid groups is 1. The Hall–Kier alpha value is -1.67. The molecule has 1 aliphatic carbocycles. The standard InChI is InChI=1S/C49H91O13P/c1-3-5-7-9-11-13-15-17-19-20-21-22-24-25-27-29-31-33-35-37-42(50)59-39-41(40-60-63(57,58)62-49-47(55)45(53)44(52)46(54)48(49)56)61-43(51)38-36-34-32-30-28-26-23-18-16-14-12-10-8-6-4-2/h17,19,26,28,41,44-49,52-56H,3-16,18,20-25,27,29-40H2,1-2H3,(H,57,58)/b19-17+,28-26+/t41-,44?,45-,46?,47?,48?,49?/m0/s1. The van der Waals surface area contributed by atoms with Crippen LogP contribution < -0.4 is 0 Å². The van der Waals surface area contributed by atoms with E-state index in [-0.39, 0.29) is 12.8 Å². The molecule has 0 bridgehead atoms. The van der Waals surface area contributed by atoms with Gasteiger partial charge in [0.2, 0.25) is 0 Å². The molecule has 63 heavy (non-hydrogen) atoms. The van der Waals surface area contributed by atoms with E-state index in [1.807, 2.05) is 0 Å². The zero-order valence-electron chi connectivity index (χ0n) is 39.4. The summed E-state index contributed by atoms with van der Waals surface area (Å²) in [6.07, 6.45) is 30.9. The van der Waals surface area contributed by atoms with Gasteiger partial charge in [-0.05, 0) is 64.2 Å². The highest BCUT2D eigenvalue weighted by Crippen LogP contribution is 2.47. The summed E-state index contributed by atoms with van der Waals surface area (Å²) in [5.41, 5.74) is 0. The molecule has 370 valence electrons. The molecule has 0 spiro atoms. The van der Waals surface area contributed by atoms with Gasteiger partial charge in [0.15, 0.2) is 6.10 Å². The van der Waals surface area contributed by atoms with Crippen LogP contribution in [-0.4, -0.2) is 98.3 Å². The monoisotopic (exact) mass is 919 g/mol. The first-order chi connectivity index (χ1) is 30.4. The maximum absolute atomic E-state index is 12.8. The maximum Gasteiger partial charge on any atom is 0.472 e. The van der Waals surface area contributed by atoms with E-state index in [2.05, 4.69) is 38.2 Å². The minimum atomic E-state index is -5.12. The van der Waals surface area contributed by atoms with Crippen molar-refractivity contribution in [1.82, 2.24) is 0 Å². The number of unbranched alkanes of at least 4 members (excludes halogenated alkanes) is 26. The number of allylic oxidation sites excluding steroid dienone is 4. The summed E-state index contributed by atoms with van der Waals surface area (Å²) in [4.78, 5) is 35.8. The maximum atomic E-state index is 12.8. The molecule has 8 atom stereocenters. The number of hydrogen-bond acceptors (Lipinski definition) is 12. The predicted molar refractivity (Wildman–Crippen MR) is 249 cm³/mol. The van der Waals surface area contributed by atoms with Crippen LogP contribution in [0, 0.1) is 0 Å². The average Bonchev–Trinajstić information content (AvgIpc) is 3.26. The van der Waals surface area contributed by atoms with Gasteiger partial charge in [-0.3, -0.25) is 18.6 Å². The summed E-state index contributed by atoms with van der Waals surface area (Å²) in [7, 11) is -5.12. The molecule has 1 rings (SSSR count). The zero-order chi connectivity index (χ0) is 46.4. The van der Waals surface area contributed by atoms with Crippen LogP contribution in [0.15, 0.2) is 24.3 Å². The van der Waals surface area contributed by atoms with Gasteiger partial charge in [0.05, 0.1) is 6.61 Å². The van der Waals surface area contributed by atoms with E-state index in [1.54, 1.807) is 0 Å². The molecule has 0 amide bonds. The third-order valence-electron chi connectivity index (χ3n) is 11.8. The normalized spacial score (nSPS) is 21.8. The molecule has 13 nitrogen and oxygen atoms in total. The molecule has 0 aromatic rings. The first kappa shape index (κ1) is 59.3. The lowest BCUT2D eigenvalue weighted by molar-refractivity contribution is -0.220. The molecule has 1 saturated carbocycles. The first-order valence-electron chi connectivity index (χ1n) is 25.1. The highest BCUT2D eigenvalue weighted by molar-refractivity contribution is 7.47. The van der Waals surface area contributed by atoms with Crippen LogP contribution in [0.3, 0.4) is 0 Å². The summed E-state index contributed by atoms with van der Waals surface area (Å²) in [6.45, 7) is 3.30. The van der Waals surface area contributed by atoms with E-state index in [0.29, 0.717) is 12.8 Å². The fourth-order valence-corrected chi connectivity index (χ4v) is 8.66.